The van der Waals surface area contributed by atoms with Crippen molar-refractivity contribution in [2.75, 3.05) is 19.0 Å². The molecule has 0 saturated heterocycles. The van der Waals surface area contributed by atoms with Crippen LogP contribution < -0.4 is 20.1 Å². The Morgan fingerprint density at radius 3 is 2.36 bits per heavy atom. The molecule has 6 nitrogen and oxygen atoms in total. The summed E-state index contributed by atoms with van der Waals surface area (Å²) in [5.74, 6) is 0.535. The van der Waals surface area contributed by atoms with Crippen LogP contribution in [0.2, 0.25) is 0 Å². The lowest BCUT2D eigenvalue weighted by Gasteiger charge is -2.19. The third-order valence-electron chi connectivity index (χ3n) is 4.25. The molecular weight excluding hydrogens is 356 g/mol. The number of carbonyl (C=O) groups is 2. The number of carbonyl (C=O) groups excluding carboxylic acids is 2. The molecule has 0 saturated carbocycles. The molecule has 2 aromatic carbocycles. The van der Waals surface area contributed by atoms with Crippen LogP contribution in [0.5, 0.6) is 11.5 Å². The van der Waals surface area contributed by atoms with E-state index >= 15 is 0 Å². The fourth-order valence-corrected chi connectivity index (χ4v) is 2.67. The lowest BCUT2D eigenvalue weighted by molar-refractivity contribution is -0.122. The summed E-state index contributed by atoms with van der Waals surface area (Å²) < 4.78 is 11.1. The fraction of sp³-hybridized carbons (Fsp3) is 0.364. The Morgan fingerprint density at radius 1 is 1.00 bits per heavy atom. The van der Waals surface area contributed by atoms with Gasteiger partial charge in [-0.15, -0.1) is 0 Å². The summed E-state index contributed by atoms with van der Waals surface area (Å²) in [4.78, 5) is 25.2. The highest BCUT2D eigenvalue weighted by Gasteiger charge is 2.22. The molecule has 28 heavy (non-hydrogen) atoms. The summed E-state index contributed by atoms with van der Waals surface area (Å²) in [7, 11) is 1.55. The molecule has 0 unspecified atom stereocenters. The van der Waals surface area contributed by atoms with E-state index in [0.717, 1.165) is 12.8 Å². The number of amides is 2. The first-order valence-corrected chi connectivity index (χ1v) is 9.58. The summed E-state index contributed by atoms with van der Waals surface area (Å²) in [6.45, 7) is 4.53. The lowest BCUT2D eigenvalue weighted by Crippen LogP contribution is -2.33. The maximum absolute atomic E-state index is 12.8. The maximum Gasteiger partial charge on any atom is 0.265 e. The summed E-state index contributed by atoms with van der Waals surface area (Å²) in [6.07, 6.45) is 1.66. The van der Waals surface area contributed by atoms with Crippen molar-refractivity contribution < 1.29 is 19.1 Å². The van der Waals surface area contributed by atoms with Crippen LogP contribution in [-0.2, 0) is 4.79 Å². The largest absolute Gasteiger partial charge is 0.493 e. The molecule has 2 N–H and O–H groups in total. The summed E-state index contributed by atoms with van der Waals surface area (Å²) in [6, 6.07) is 14.1. The molecule has 2 amide bonds. The van der Waals surface area contributed by atoms with E-state index in [-0.39, 0.29) is 11.8 Å². The lowest BCUT2D eigenvalue weighted by atomic mass is 10.1. The van der Waals surface area contributed by atoms with Gasteiger partial charge in [0.05, 0.1) is 18.4 Å². The minimum atomic E-state index is -0.715. The third-order valence-corrected chi connectivity index (χ3v) is 4.25. The van der Waals surface area contributed by atoms with Crippen LogP contribution in [0.25, 0.3) is 0 Å². The van der Waals surface area contributed by atoms with Crippen molar-refractivity contribution in [1.29, 1.82) is 0 Å². The van der Waals surface area contributed by atoms with Gasteiger partial charge in [-0.25, -0.2) is 0 Å². The van der Waals surface area contributed by atoms with Gasteiger partial charge in [0, 0.05) is 6.54 Å². The molecule has 0 radical (unpaired) electrons. The Balaban J connectivity index is 2.11. The van der Waals surface area contributed by atoms with Gasteiger partial charge in [-0.2, -0.15) is 0 Å². The van der Waals surface area contributed by atoms with E-state index in [0.29, 0.717) is 35.7 Å². The van der Waals surface area contributed by atoms with Crippen LogP contribution in [0.1, 0.15) is 43.5 Å². The summed E-state index contributed by atoms with van der Waals surface area (Å²) in [5, 5.41) is 5.70. The topological polar surface area (TPSA) is 76.7 Å². The van der Waals surface area contributed by atoms with E-state index < -0.39 is 6.10 Å². The Morgan fingerprint density at radius 2 is 1.68 bits per heavy atom. The second-order valence-corrected chi connectivity index (χ2v) is 6.31. The van der Waals surface area contributed by atoms with Crippen molar-refractivity contribution in [3.63, 3.8) is 0 Å². The molecule has 2 aromatic rings. The number of para-hydroxylation sites is 3. The standard InChI is InChI=1S/C22H28N2O4/c1-4-6-15-23-21(25)16-11-7-8-12-17(16)24-22(26)18(5-2)28-20-14-10-9-13-19(20)27-3/h7-14,18H,4-6,15H2,1-3H3,(H,23,25)(H,24,26)/t18-/m1/s1. The number of benzene rings is 2. The van der Waals surface area contributed by atoms with Gasteiger partial charge in [0.1, 0.15) is 0 Å². The molecule has 0 aliphatic rings. The molecule has 2 rings (SSSR count). The zero-order valence-corrected chi connectivity index (χ0v) is 16.7. The van der Waals surface area contributed by atoms with Gasteiger partial charge in [0.2, 0.25) is 0 Å². The average Bonchev–Trinajstić information content (AvgIpc) is 2.72. The first-order valence-electron chi connectivity index (χ1n) is 9.58. The zero-order chi connectivity index (χ0) is 20.4. The Labute approximate surface area is 166 Å². The number of ether oxygens (including phenoxy) is 2. The highest BCUT2D eigenvalue weighted by Crippen LogP contribution is 2.27. The monoisotopic (exact) mass is 384 g/mol. The molecule has 0 heterocycles. The van der Waals surface area contributed by atoms with E-state index in [1.54, 1.807) is 43.5 Å². The van der Waals surface area contributed by atoms with Crippen LogP contribution in [-0.4, -0.2) is 31.6 Å². The second kappa shape index (κ2) is 11.0. The highest BCUT2D eigenvalue weighted by molar-refractivity contribution is 6.04. The highest BCUT2D eigenvalue weighted by atomic mass is 16.5. The van der Waals surface area contributed by atoms with Crippen molar-refractivity contribution in [3.05, 3.63) is 54.1 Å². The van der Waals surface area contributed by atoms with E-state index in [1.807, 2.05) is 19.1 Å². The minimum Gasteiger partial charge on any atom is -0.493 e. The summed E-state index contributed by atoms with van der Waals surface area (Å²) >= 11 is 0. The molecule has 0 fully saturated rings. The van der Waals surface area contributed by atoms with E-state index in [9.17, 15) is 9.59 Å². The number of nitrogens with one attached hydrogen (secondary N) is 2. The van der Waals surface area contributed by atoms with Crippen molar-refractivity contribution in [3.8, 4) is 11.5 Å². The predicted molar refractivity (Wildman–Crippen MR) is 110 cm³/mol. The molecule has 1 atom stereocenters. The molecular formula is C22H28N2O4. The first-order chi connectivity index (χ1) is 13.6. The molecule has 6 heteroatoms. The molecule has 0 aromatic heterocycles. The van der Waals surface area contributed by atoms with Gasteiger partial charge in [0.15, 0.2) is 17.6 Å². The third kappa shape index (κ3) is 5.74. The minimum absolute atomic E-state index is 0.206. The van der Waals surface area contributed by atoms with E-state index in [4.69, 9.17) is 9.47 Å². The number of unbranched alkanes of at least 4 members (excludes halogenated alkanes) is 1. The van der Waals surface area contributed by atoms with Crippen molar-refractivity contribution in [2.24, 2.45) is 0 Å². The van der Waals surface area contributed by atoms with E-state index in [2.05, 4.69) is 17.6 Å². The normalized spacial score (nSPS) is 11.4. The first kappa shape index (κ1) is 21.3. The van der Waals surface area contributed by atoms with Crippen LogP contribution in [0.4, 0.5) is 5.69 Å². The number of rotatable bonds is 10. The van der Waals surface area contributed by atoms with Gasteiger partial charge in [0.25, 0.3) is 11.8 Å². The Kier molecular flexibility index (Phi) is 8.34. The number of methoxy groups -OCH3 is 1. The Hall–Kier alpha value is -3.02. The average molecular weight is 384 g/mol. The molecule has 150 valence electrons. The molecule has 0 bridgehead atoms. The smallest absolute Gasteiger partial charge is 0.265 e. The van der Waals surface area contributed by atoms with Crippen molar-refractivity contribution in [2.45, 2.75) is 39.2 Å². The molecule has 0 spiro atoms. The number of hydrogen-bond donors (Lipinski definition) is 2. The predicted octanol–water partition coefficient (Wildman–Crippen LogP) is 4.02. The van der Waals surface area contributed by atoms with Gasteiger partial charge in [-0.3, -0.25) is 9.59 Å². The number of anilines is 1. The molecule has 0 aliphatic heterocycles. The van der Waals surface area contributed by atoms with Gasteiger partial charge >= 0.3 is 0 Å². The zero-order valence-electron chi connectivity index (χ0n) is 16.7. The fourth-order valence-electron chi connectivity index (χ4n) is 2.67. The van der Waals surface area contributed by atoms with Gasteiger partial charge in [-0.1, -0.05) is 44.5 Å². The van der Waals surface area contributed by atoms with Crippen LogP contribution >= 0.6 is 0 Å². The van der Waals surface area contributed by atoms with Crippen molar-refractivity contribution >= 4 is 17.5 Å². The number of hydrogen-bond acceptors (Lipinski definition) is 4. The second-order valence-electron chi connectivity index (χ2n) is 6.31. The Bertz CT molecular complexity index is 792. The quantitative estimate of drug-likeness (QED) is 0.607. The van der Waals surface area contributed by atoms with Crippen LogP contribution in [0.3, 0.4) is 0 Å². The van der Waals surface area contributed by atoms with Crippen LogP contribution in [0.15, 0.2) is 48.5 Å². The van der Waals surface area contributed by atoms with Gasteiger partial charge in [-0.05, 0) is 37.1 Å². The SMILES string of the molecule is CCCCNC(=O)c1ccccc1NC(=O)[C@@H](CC)Oc1ccccc1OC. The maximum atomic E-state index is 12.8. The van der Waals surface area contributed by atoms with E-state index in [1.165, 1.54) is 0 Å². The van der Waals surface area contributed by atoms with Gasteiger partial charge < -0.3 is 20.1 Å². The molecule has 0 aliphatic carbocycles. The summed E-state index contributed by atoms with van der Waals surface area (Å²) in [5.41, 5.74) is 0.891. The van der Waals surface area contributed by atoms with Crippen LogP contribution in [0, 0.1) is 0 Å². The van der Waals surface area contributed by atoms with Crippen molar-refractivity contribution in [1.82, 2.24) is 5.32 Å².